The summed E-state index contributed by atoms with van der Waals surface area (Å²) < 4.78 is 18.6. The molecule has 7 nitrogen and oxygen atoms in total. The van der Waals surface area contributed by atoms with E-state index in [0.29, 0.717) is 24.8 Å². The van der Waals surface area contributed by atoms with Crippen LogP contribution in [0.4, 0.5) is 0 Å². The third-order valence-corrected chi connectivity index (χ3v) is 8.34. The number of rotatable bonds is 6. The lowest BCUT2D eigenvalue weighted by atomic mass is 9.58. The fraction of sp³-hybridized carbons (Fsp3) is 0.731. The van der Waals surface area contributed by atoms with E-state index in [-0.39, 0.29) is 17.8 Å². The van der Waals surface area contributed by atoms with Gasteiger partial charge in [0.15, 0.2) is 11.9 Å². The van der Waals surface area contributed by atoms with Gasteiger partial charge in [-0.15, -0.1) is 0 Å². The van der Waals surface area contributed by atoms with Crippen LogP contribution in [0.5, 0.6) is 0 Å². The number of esters is 1. The molecule has 4 saturated heterocycles. The van der Waals surface area contributed by atoms with E-state index in [0.717, 1.165) is 32.2 Å². The zero-order valence-electron chi connectivity index (χ0n) is 20.2. The second-order valence-corrected chi connectivity index (χ2v) is 10.7. The van der Waals surface area contributed by atoms with Gasteiger partial charge in [0.05, 0.1) is 6.42 Å². The van der Waals surface area contributed by atoms with Crippen LogP contribution in [0.2, 0.25) is 0 Å². The van der Waals surface area contributed by atoms with Gasteiger partial charge >= 0.3 is 5.97 Å². The van der Waals surface area contributed by atoms with Crippen LogP contribution >= 0.6 is 0 Å². The van der Waals surface area contributed by atoms with E-state index in [2.05, 4.69) is 30.9 Å². The molecule has 6 rings (SSSR count). The van der Waals surface area contributed by atoms with Gasteiger partial charge in [-0.3, -0.25) is 4.79 Å². The summed E-state index contributed by atoms with van der Waals surface area (Å²) in [5.74, 6) is -0.115. The maximum Gasteiger partial charge on any atom is 0.309 e. The minimum absolute atomic E-state index is 0.00287. The molecule has 1 aromatic rings. The first-order valence-corrected chi connectivity index (χ1v) is 12.4. The third kappa shape index (κ3) is 4.23. The van der Waals surface area contributed by atoms with Crippen molar-refractivity contribution in [1.29, 1.82) is 0 Å². The van der Waals surface area contributed by atoms with E-state index in [1.165, 1.54) is 5.56 Å². The molecule has 1 saturated carbocycles. The molecule has 4 aliphatic heterocycles. The van der Waals surface area contributed by atoms with E-state index < -0.39 is 24.0 Å². The number of ether oxygens (including phenoxy) is 3. The molecule has 4 heterocycles. The number of carbonyl (C=O) groups excluding carboxylic acids is 1. The van der Waals surface area contributed by atoms with Crippen molar-refractivity contribution in [3.8, 4) is 0 Å². The molecule has 5 aliphatic rings. The number of benzene rings is 1. The lowest BCUT2D eigenvalue weighted by Gasteiger charge is -2.59. The number of nitrogens with zero attached hydrogens (tertiary/aromatic N) is 1. The second kappa shape index (κ2) is 8.93. The Bertz CT molecular complexity index is 850. The van der Waals surface area contributed by atoms with Gasteiger partial charge in [-0.25, -0.2) is 9.78 Å². The fourth-order valence-electron chi connectivity index (χ4n) is 6.45. The molecule has 33 heavy (non-hydrogen) atoms. The summed E-state index contributed by atoms with van der Waals surface area (Å²) in [5, 5.41) is 0. The van der Waals surface area contributed by atoms with Crippen LogP contribution in [-0.2, 0) is 35.3 Å². The fourth-order valence-corrected chi connectivity index (χ4v) is 6.45. The average Bonchev–Trinajstić information content (AvgIpc) is 3.02. The Kier molecular flexibility index (Phi) is 6.29. The molecule has 0 amide bonds. The maximum atomic E-state index is 12.8. The van der Waals surface area contributed by atoms with Crippen molar-refractivity contribution in [2.45, 2.75) is 83.4 Å². The van der Waals surface area contributed by atoms with E-state index in [4.69, 9.17) is 24.0 Å². The minimum Gasteiger partial charge on any atom is -0.435 e. The van der Waals surface area contributed by atoms with Crippen LogP contribution in [-0.4, -0.2) is 48.4 Å². The van der Waals surface area contributed by atoms with Crippen molar-refractivity contribution in [3.63, 3.8) is 0 Å². The van der Waals surface area contributed by atoms with Crippen molar-refractivity contribution in [2.75, 3.05) is 13.6 Å². The smallest absolute Gasteiger partial charge is 0.309 e. The number of fused-ring (bicyclic) bond motifs is 2. The average molecular weight is 460 g/mol. The second-order valence-electron chi connectivity index (χ2n) is 10.7. The highest BCUT2D eigenvalue weighted by atomic mass is 17.3. The van der Waals surface area contributed by atoms with Crippen molar-refractivity contribution >= 4 is 5.97 Å². The molecule has 5 fully saturated rings. The Balaban J connectivity index is 1.24. The molecule has 1 spiro atoms. The summed E-state index contributed by atoms with van der Waals surface area (Å²) in [6.45, 7) is 7.71. The summed E-state index contributed by atoms with van der Waals surface area (Å²) in [5.41, 5.74) is 0.589. The molecule has 7 heteroatoms. The number of hydrogen-bond donors (Lipinski definition) is 0. The van der Waals surface area contributed by atoms with Gasteiger partial charge in [0.1, 0.15) is 0 Å². The Labute approximate surface area is 196 Å². The van der Waals surface area contributed by atoms with Gasteiger partial charge in [0, 0.05) is 31.3 Å². The molecular formula is C26H37NO6. The summed E-state index contributed by atoms with van der Waals surface area (Å²) >= 11 is 0. The molecule has 1 aromatic carbocycles. The van der Waals surface area contributed by atoms with Crippen LogP contribution in [0, 0.1) is 23.7 Å². The van der Waals surface area contributed by atoms with Crippen LogP contribution < -0.4 is 0 Å². The quantitative estimate of drug-likeness (QED) is 0.465. The number of carbonyl (C=O) groups is 1. The highest BCUT2D eigenvalue weighted by Gasteiger charge is 2.69. The molecule has 0 N–H and O–H groups in total. The largest absolute Gasteiger partial charge is 0.435 e. The topological polar surface area (TPSA) is 66.5 Å². The van der Waals surface area contributed by atoms with Crippen LogP contribution in [0.25, 0.3) is 0 Å². The van der Waals surface area contributed by atoms with E-state index >= 15 is 0 Å². The van der Waals surface area contributed by atoms with E-state index in [1.807, 2.05) is 32.2 Å². The predicted molar refractivity (Wildman–Crippen MR) is 120 cm³/mol. The van der Waals surface area contributed by atoms with E-state index in [9.17, 15) is 4.79 Å². The molecule has 0 aromatic heterocycles. The molecule has 8 atom stereocenters. The molecular weight excluding hydrogens is 422 g/mol. The van der Waals surface area contributed by atoms with Crippen LogP contribution in [0.15, 0.2) is 30.3 Å². The standard InChI is InChI=1S/C26H37NO6/c1-17-10-11-21-18(2)23(29-22(28)13-15-27(4)16-19-8-6-5-7-9-19)30-24-26(21)20(17)12-14-25(3,31-24)32-33-26/h5-9,17-18,20-21,23-24H,10-16H2,1-4H3/t17-,18-,20+,21+,23-,24-,25-,26-/m1/s1. The van der Waals surface area contributed by atoms with Crippen LogP contribution in [0.3, 0.4) is 0 Å². The highest BCUT2D eigenvalue weighted by molar-refractivity contribution is 5.69. The third-order valence-electron chi connectivity index (χ3n) is 8.34. The van der Waals surface area contributed by atoms with Gasteiger partial charge in [-0.05, 0) is 50.6 Å². The first kappa shape index (κ1) is 23.2. The minimum atomic E-state index is -0.827. The summed E-state index contributed by atoms with van der Waals surface area (Å²) in [6.07, 6.45) is 2.94. The molecule has 182 valence electrons. The summed E-state index contributed by atoms with van der Waals surface area (Å²) in [4.78, 5) is 26.9. The highest BCUT2D eigenvalue weighted by Crippen LogP contribution is 2.60. The van der Waals surface area contributed by atoms with E-state index in [1.54, 1.807) is 0 Å². The Hall–Kier alpha value is -1.51. The Morgan fingerprint density at radius 2 is 1.91 bits per heavy atom. The zero-order valence-corrected chi connectivity index (χ0v) is 20.2. The maximum absolute atomic E-state index is 12.8. The first-order chi connectivity index (χ1) is 15.8. The summed E-state index contributed by atoms with van der Waals surface area (Å²) in [7, 11) is 2.02. The van der Waals surface area contributed by atoms with Gasteiger partial charge < -0.3 is 19.1 Å². The lowest BCUT2D eigenvalue weighted by molar-refractivity contribution is -0.576. The predicted octanol–water partition coefficient (Wildman–Crippen LogP) is 4.26. The lowest BCUT2D eigenvalue weighted by Crippen LogP contribution is -2.70. The first-order valence-electron chi connectivity index (χ1n) is 12.4. The van der Waals surface area contributed by atoms with Crippen molar-refractivity contribution in [1.82, 2.24) is 4.90 Å². The van der Waals surface area contributed by atoms with Crippen molar-refractivity contribution in [2.24, 2.45) is 23.7 Å². The van der Waals surface area contributed by atoms with Crippen molar-refractivity contribution in [3.05, 3.63) is 35.9 Å². The van der Waals surface area contributed by atoms with Gasteiger partial charge in [-0.2, -0.15) is 0 Å². The molecule has 0 radical (unpaired) electrons. The SMILES string of the molecule is C[C@H]1[C@H](OC(=O)CCN(C)Cc2ccccc2)O[C@@H]2O[C@@]3(C)CC[C@H]4[C@H](C)CC[C@@H]1[C@@]24OO3. The monoisotopic (exact) mass is 459 g/mol. The normalized spacial score (nSPS) is 42.0. The van der Waals surface area contributed by atoms with Crippen LogP contribution in [0.1, 0.15) is 58.4 Å². The molecule has 0 unspecified atom stereocenters. The Morgan fingerprint density at radius 3 is 2.70 bits per heavy atom. The van der Waals surface area contributed by atoms with Crippen molar-refractivity contribution < 1.29 is 28.8 Å². The van der Waals surface area contributed by atoms with Gasteiger partial charge in [-0.1, -0.05) is 44.2 Å². The van der Waals surface area contributed by atoms with Gasteiger partial charge in [0.25, 0.3) is 0 Å². The Morgan fingerprint density at radius 1 is 1.12 bits per heavy atom. The zero-order chi connectivity index (χ0) is 23.2. The number of hydrogen-bond acceptors (Lipinski definition) is 7. The summed E-state index contributed by atoms with van der Waals surface area (Å²) in [6, 6.07) is 10.2. The molecule has 1 aliphatic carbocycles. The van der Waals surface area contributed by atoms with Gasteiger partial charge in [0.2, 0.25) is 12.1 Å². The molecule has 2 bridgehead atoms.